The fourth-order valence-corrected chi connectivity index (χ4v) is 1.77. The average molecular weight is 268 g/mol. The molecular formula is C13H20N2O4. The molecule has 6 heteroatoms. The zero-order valence-corrected chi connectivity index (χ0v) is 11.4. The Labute approximate surface area is 111 Å². The summed E-state index contributed by atoms with van der Waals surface area (Å²) in [6, 6.07) is 1.38. The monoisotopic (exact) mass is 268 g/mol. The molecule has 0 saturated heterocycles. The molecule has 0 radical (unpaired) electrons. The number of aromatic nitrogens is 2. The van der Waals surface area contributed by atoms with Gasteiger partial charge in [0.05, 0.1) is 6.61 Å². The molecule has 1 aromatic heterocycles. The maximum atomic E-state index is 11.7. The summed E-state index contributed by atoms with van der Waals surface area (Å²) in [6.45, 7) is 2.55. The smallest absolute Gasteiger partial charge is 0.330 e. The Hall–Kier alpha value is -1.85. The van der Waals surface area contributed by atoms with Crippen molar-refractivity contribution in [3.05, 3.63) is 33.1 Å². The summed E-state index contributed by atoms with van der Waals surface area (Å²) in [7, 11) is 1.61. The number of ether oxygens (including phenoxy) is 1. The SMILES string of the molecule is CCOC(=O)CCCCCn1c(=O)ccn(C)c1=O. The van der Waals surface area contributed by atoms with Crippen LogP contribution in [0.25, 0.3) is 0 Å². The third-order valence-electron chi connectivity index (χ3n) is 2.81. The van der Waals surface area contributed by atoms with Gasteiger partial charge < -0.3 is 9.30 Å². The largest absolute Gasteiger partial charge is 0.466 e. The van der Waals surface area contributed by atoms with E-state index in [4.69, 9.17) is 4.74 Å². The van der Waals surface area contributed by atoms with Crippen LogP contribution in [0.3, 0.4) is 0 Å². The quantitative estimate of drug-likeness (QED) is 0.538. The minimum absolute atomic E-state index is 0.199. The summed E-state index contributed by atoms with van der Waals surface area (Å²) in [5.74, 6) is -0.199. The fraction of sp³-hybridized carbons (Fsp3) is 0.615. The lowest BCUT2D eigenvalue weighted by molar-refractivity contribution is -0.143. The van der Waals surface area contributed by atoms with Crippen LogP contribution in [-0.2, 0) is 23.1 Å². The number of unbranched alkanes of at least 4 members (excludes halogenated alkanes) is 2. The molecule has 0 N–H and O–H groups in total. The first-order valence-corrected chi connectivity index (χ1v) is 6.48. The van der Waals surface area contributed by atoms with Crippen LogP contribution in [0.15, 0.2) is 21.9 Å². The van der Waals surface area contributed by atoms with Gasteiger partial charge in [-0.2, -0.15) is 0 Å². The Kier molecular flexibility index (Phi) is 6.05. The molecule has 0 saturated carbocycles. The van der Waals surface area contributed by atoms with Crippen molar-refractivity contribution in [2.24, 2.45) is 7.05 Å². The number of aryl methyl sites for hydroxylation is 1. The van der Waals surface area contributed by atoms with Crippen molar-refractivity contribution >= 4 is 5.97 Å². The van der Waals surface area contributed by atoms with Crippen LogP contribution in [0, 0.1) is 0 Å². The van der Waals surface area contributed by atoms with Crippen LogP contribution < -0.4 is 11.2 Å². The Morgan fingerprint density at radius 1 is 1.26 bits per heavy atom. The van der Waals surface area contributed by atoms with Gasteiger partial charge in [-0.1, -0.05) is 6.42 Å². The van der Waals surface area contributed by atoms with Crippen LogP contribution in [-0.4, -0.2) is 21.7 Å². The highest BCUT2D eigenvalue weighted by atomic mass is 16.5. The van der Waals surface area contributed by atoms with E-state index in [2.05, 4.69) is 0 Å². The van der Waals surface area contributed by atoms with Crippen LogP contribution in [0.4, 0.5) is 0 Å². The van der Waals surface area contributed by atoms with Gasteiger partial charge in [0.25, 0.3) is 5.56 Å². The maximum Gasteiger partial charge on any atom is 0.330 e. The number of carbonyl (C=O) groups is 1. The first-order chi connectivity index (χ1) is 9.06. The Balaban J connectivity index is 2.38. The molecule has 0 aromatic carbocycles. The molecule has 0 atom stereocenters. The van der Waals surface area contributed by atoms with Crippen molar-refractivity contribution in [3.63, 3.8) is 0 Å². The van der Waals surface area contributed by atoms with Crippen molar-refractivity contribution in [2.75, 3.05) is 6.61 Å². The van der Waals surface area contributed by atoms with Gasteiger partial charge in [-0.15, -0.1) is 0 Å². The Bertz CT molecular complexity index is 530. The highest BCUT2D eigenvalue weighted by Crippen LogP contribution is 2.02. The molecule has 0 spiro atoms. The molecule has 106 valence electrons. The lowest BCUT2D eigenvalue weighted by Gasteiger charge is -2.06. The molecule has 0 fully saturated rings. The van der Waals surface area contributed by atoms with Crippen molar-refractivity contribution in [3.8, 4) is 0 Å². The van der Waals surface area contributed by atoms with Gasteiger partial charge in [0.2, 0.25) is 0 Å². The highest BCUT2D eigenvalue weighted by molar-refractivity contribution is 5.69. The summed E-state index contributed by atoms with van der Waals surface area (Å²) >= 11 is 0. The lowest BCUT2D eigenvalue weighted by Crippen LogP contribution is -2.37. The molecule has 0 aliphatic heterocycles. The zero-order valence-electron chi connectivity index (χ0n) is 11.4. The van der Waals surface area contributed by atoms with E-state index in [-0.39, 0.29) is 17.2 Å². The average Bonchev–Trinajstić information content (AvgIpc) is 2.38. The molecule has 0 aliphatic rings. The van der Waals surface area contributed by atoms with E-state index in [1.54, 1.807) is 14.0 Å². The summed E-state index contributed by atoms with van der Waals surface area (Å²) < 4.78 is 7.40. The van der Waals surface area contributed by atoms with Crippen LogP contribution >= 0.6 is 0 Å². The van der Waals surface area contributed by atoms with E-state index in [9.17, 15) is 14.4 Å². The van der Waals surface area contributed by atoms with E-state index in [0.29, 0.717) is 32.4 Å². The lowest BCUT2D eigenvalue weighted by atomic mass is 10.2. The van der Waals surface area contributed by atoms with E-state index in [0.717, 1.165) is 6.42 Å². The minimum atomic E-state index is -0.308. The third kappa shape index (κ3) is 4.73. The van der Waals surface area contributed by atoms with Crippen molar-refractivity contribution < 1.29 is 9.53 Å². The number of nitrogens with zero attached hydrogens (tertiary/aromatic N) is 2. The van der Waals surface area contributed by atoms with Gasteiger partial charge in [-0.3, -0.25) is 14.2 Å². The first-order valence-electron chi connectivity index (χ1n) is 6.48. The van der Waals surface area contributed by atoms with Gasteiger partial charge in [-0.25, -0.2) is 4.79 Å². The summed E-state index contributed by atoms with van der Waals surface area (Å²) in [4.78, 5) is 34.3. The number of hydrogen-bond donors (Lipinski definition) is 0. The second-order valence-corrected chi connectivity index (χ2v) is 4.31. The number of hydrogen-bond acceptors (Lipinski definition) is 4. The summed E-state index contributed by atoms with van der Waals surface area (Å²) in [5.41, 5.74) is -0.591. The van der Waals surface area contributed by atoms with E-state index < -0.39 is 0 Å². The zero-order chi connectivity index (χ0) is 14.3. The number of rotatable bonds is 7. The van der Waals surface area contributed by atoms with Crippen molar-refractivity contribution in [2.45, 2.75) is 39.2 Å². The predicted molar refractivity (Wildman–Crippen MR) is 71.0 cm³/mol. The molecule has 0 unspecified atom stereocenters. The van der Waals surface area contributed by atoms with Crippen LogP contribution in [0.5, 0.6) is 0 Å². The van der Waals surface area contributed by atoms with Gasteiger partial charge in [-0.05, 0) is 19.8 Å². The van der Waals surface area contributed by atoms with Crippen LogP contribution in [0.2, 0.25) is 0 Å². The van der Waals surface area contributed by atoms with Crippen molar-refractivity contribution in [1.82, 2.24) is 9.13 Å². The number of carbonyl (C=O) groups excluding carboxylic acids is 1. The van der Waals surface area contributed by atoms with Crippen LogP contribution in [0.1, 0.15) is 32.6 Å². The summed E-state index contributed by atoms with van der Waals surface area (Å²) in [6.07, 6.45) is 4.03. The highest BCUT2D eigenvalue weighted by Gasteiger charge is 2.04. The Morgan fingerprint density at radius 3 is 2.68 bits per heavy atom. The van der Waals surface area contributed by atoms with Gasteiger partial charge in [0, 0.05) is 32.3 Å². The molecule has 0 aliphatic carbocycles. The second kappa shape index (κ2) is 7.56. The maximum absolute atomic E-state index is 11.7. The summed E-state index contributed by atoms with van der Waals surface area (Å²) in [5, 5.41) is 0. The van der Waals surface area contributed by atoms with Gasteiger partial charge in [0.15, 0.2) is 0 Å². The minimum Gasteiger partial charge on any atom is -0.466 e. The number of esters is 1. The molecule has 0 amide bonds. The van der Waals surface area contributed by atoms with E-state index in [1.165, 1.54) is 21.4 Å². The second-order valence-electron chi connectivity index (χ2n) is 4.31. The standard InChI is InChI=1S/C13H20N2O4/c1-3-19-12(17)7-5-4-6-9-15-11(16)8-10-14(2)13(15)18/h8,10H,3-7,9H2,1-2H3. The molecule has 0 bridgehead atoms. The predicted octanol–water partition coefficient (Wildman–Crippen LogP) is 0.671. The van der Waals surface area contributed by atoms with Gasteiger partial charge in [0.1, 0.15) is 0 Å². The fourth-order valence-electron chi connectivity index (χ4n) is 1.77. The van der Waals surface area contributed by atoms with Gasteiger partial charge >= 0.3 is 11.7 Å². The molecule has 6 nitrogen and oxygen atoms in total. The van der Waals surface area contributed by atoms with Crippen molar-refractivity contribution in [1.29, 1.82) is 0 Å². The third-order valence-corrected chi connectivity index (χ3v) is 2.81. The van der Waals surface area contributed by atoms with E-state index in [1.807, 2.05) is 0 Å². The first kappa shape index (κ1) is 15.2. The Morgan fingerprint density at radius 2 is 2.00 bits per heavy atom. The molecule has 1 rings (SSSR count). The molecular weight excluding hydrogens is 248 g/mol. The molecule has 1 heterocycles. The normalized spacial score (nSPS) is 10.4. The molecule has 19 heavy (non-hydrogen) atoms. The topological polar surface area (TPSA) is 70.3 Å². The van der Waals surface area contributed by atoms with E-state index >= 15 is 0 Å². The molecule has 1 aromatic rings.